The summed E-state index contributed by atoms with van der Waals surface area (Å²) in [5, 5.41) is 2.95. The van der Waals surface area contributed by atoms with Crippen LogP contribution in [0.3, 0.4) is 0 Å². The highest BCUT2D eigenvalue weighted by atomic mass is 16.2. The summed E-state index contributed by atoms with van der Waals surface area (Å²) in [7, 11) is 3.58. The van der Waals surface area contributed by atoms with Gasteiger partial charge in [0, 0.05) is 32.4 Å². The smallest absolute Gasteiger partial charge is 0.227 e. The van der Waals surface area contributed by atoms with Crippen LogP contribution in [0.15, 0.2) is 36.7 Å². The van der Waals surface area contributed by atoms with Crippen LogP contribution in [0, 0.1) is 0 Å². The Balaban J connectivity index is 1.94. The average molecular weight is 258 g/mol. The van der Waals surface area contributed by atoms with Crippen LogP contribution < -0.4 is 10.2 Å². The lowest BCUT2D eigenvalue weighted by atomic mass is 10.2. The largest absolute Gasteiger partial charge is 0.373 e. The molecule has 100 valence electrons. The number of aromatic nitrogens is 2. The lowest BCUT2D eigenvalue weighted by Crippen LogP contribution is -2.26. The van der Waals surface area contributed by atoms with Crippen molar-refractivity contribution in [1.29, 1.82) is 0 Å². The maximum atomic E-state index is 12.1. The SMILES string of the molecule is CNc1ccc(N(C)C(=O)CCc2ccc[nH]2)cn1. The summed E-state index contributed by atoms with van der Waals surface area (Å²) in [6.07, 6.45) is 4.76. The first-order valence-corrected chi connectivity index (χ1v) is 6.23. The van der Waals surface area contributed by atoms with Crippen LogP contribution in [0.25, 0.3) is 0 Å². The van der Waals surface area contributed by atoms with Crippen LogP contribution in [0.1, 0.15) is 12.1 Å². The van der Waals surface area contributed by atoms with Crippen molar-refractivity contribution in [2.24, 2.45) is 0 Å². The van der Waals surface area contributed by atoms with E-state index >= 15 is 0 Å². The summed E-state index contributed by atoms with van der Waals surface area (Å²) in [6.45, 7) is 0. The minimum absolute atomic E-state index is 0.0774. The molecule has 0 saturated carbocycles. The van der Waals surface area contributed by atoms with Crippen molar-refractivity contribution in [3.05, 3.63) is 42.4 Å². The molecule has 2 aromatic heterocycles. The minimum Gasteiger partial charge on any atom is -0.373 e. The van der Waals surface area contributed by atoms with Gasteiger partial charge in [0.1, 0.15) is 5.82 Å². The highest BCUT2D eigenvalue weighted by Crippen LogP contribution is 2.14. The monoisotopic (exact) mass is 258 g/mol. The Bertz CT molecular complexity index is 519. The fraction of sp³-hybridized carbons (Fsp3) is 0.286. The van der Waals surface area contributed by atoms with Gasteiger partial charge in [0.2, 0.25) is 5.91 Å². The number of aryl methyl sites for hydroxylation is 1. The molecule has 0 aliphatic rings. The van der Waals surface area contributed by atoms with E-state index in [-0.39, 0.29) is 5.91 Å². The third kappa shape index (κ3) is 3.34. The molecule has 1 amide bonds. The van der Waals surface area contributed by atoms with E-state index in [0.717, 1.165) is 23.6 Å². The summed E-state index contributed by atoms with van der Waals surface area (Å²) >= 11 is 0. The van der Waals surface area contributed by atoms with E-state index in [1.807, 2.05) is 37.5 Å². The zero-order valence-electron chi connectivity index (χ0n) is 11.2. The van der Waals surface area contributed by atoms with Crippen molar-refractivity contribution in [3.8, 4) is 0 Å². The Kier molecular flexibility index (Phi) is 4.18. The molecule has 2 N–H and O–H groups in total. The molecule has 0 spiro atoms. The quantitative estimate of drug-likeness (QED) is 0.862. The predicted octanol–water partition coefficient (Wildman–Crippen LogP) is 2.05. The number of hydrogen-bond donors (Lipinski definition) is 2. The average Bonchev–Trinajstić information content (AvgIpc) is 2.97. The van der Waals surface area contributed by atoms with Crippen molar-refractivity contribution in [2.45, 2.75) is 12.8 Å². The number of hydrogen-bond acceptors (Lipinski definition) is 3. The van der Waals surface area contributed by atoms with E-state index in [2.05, 4.69) is 15.3 Å². The van der Waals surface area contributed by atoms with Crippen LogP contribution >= 0.6 is 0 Å². The number of carbonyl (C=O) groups is 1. The first-order chi connectivity index (χ1) is 9.20. The number of carbonyl (C=O) groups excluding carboxylic acids is 1. The summed E-state index contributed by atoms with van der Waals surface area (Å²) in [5.74, 6) is 0.865. The Morgan fingerprint density at radius 2 is 2.26 bits per heavy atom. The standard InChI is InChI=1S/C14H18N4O/c1-15-13-7-6-12(10-17-13)18(2)14(19)8-5-11-4-3-9-16-11/h3-4,6-7,9-10,16H,5,8H2,1-2H3,(H,15,17). The fourth-order valence-electron chi connectivity index (χ4n) is 1.81. The van der Waals surface area contributed by atoms with E-state index < -0.39 is 0 Å². The van der Waals surface area contributed by atoms with Crippen molar-refractivity contribution in [3.63, 3.8) is 0 Å². The van der Waals surface area contributed by atoms with E-state index in [1.165, 1.54) is 0 Å². The third-order valence-electron chi connectivity index (χ3n) is 3.04. The molecular formula is C14H18N4O. The second kappa shape index (κ2) is 6.04. The topological polar surface area (TPSA) is 61.0 Å². The molecule has 19 heavy (non-hydrogen) atoms. The molecule has 2 heterocycles. The van der Waals surface area contributed by atoms with Gasteiger partial charge in [-0.05, 0) is 30.7 Å². The van der Waals surface area contributed by atoms with Crippen LogP contribution in [-0.2, 0) is 11.2 Å². The van der Waals surface area contributed by atoms with Crippen molar-refractivity contribution in [2.75, 3.05) is 24.3 Å². The van der Waals surface area contributed by atoms with Crippen LogP contribution in [-0.4, -0.2) is 30.0 Å². The molecule has 5 heteroatoms. The van der Waals surface area contributed by atoms with Gasteiger partial charge in [-0.2, -0.15) is 0 Å². The maximum absolute atomic E-state index is 12.1. The van der Waals surface area contributed by atoms with Gasteiger partial charge in [-0.1, -0.05) is 0 Å². The summed E-state index contributed by atoms with van der Waals surface area (Å²) in [5.41, 5.74) is 1.88. The molecule has 0 aliphatic carbocycles. The van der Waals surface area contributed by atoms with Gasteiger partial charge in [0.15, 0.2) is 0 Å². The lowest BCUT2D eigenvalue weighted by molar-refractivity contribution is -0.118. The molecule has 5 nitrogen and oxygen atoms in total. The molecule has 0 aromatic carbocycles. The molecule has 2 aromatic rings. The third-order valence-corrected chi connectivity index (χ3v) is 3.04. The van der Waals surface area contributed by atoms with E-state index in [4.69, 9.17) is 0 Å². The highest BCUT2D eigenvalue weighted by molar-refractivity contribution is 5.92. The number of pyridine rings is 1. The normalized spacial score (nSPS) is 10.2. The molecule has 0 unspecified atom stereocenters. The van der Waals surface area contributed by atoms with Crippen molar-refractivity contribution < 1.29 is 4.79 Å². The second-order valence-corrected chi connectivity index (χ2v) is 4.30. The van der Waals surface area contributed by atoms with Crippen molar-refractivity contribution >= 4 is 17.4 Å². The maximum Gasteiger partial charge on any atom is 0.227 e. The van der Waals surface area contributed by atoms with E-state index in [0.29, 0.717) is 6.42 Å². The molecule has 0 bridgehead atoms. The first kappa shape index (κ1) is 13.1. The summed E-state index contributed by atoms with van der Waals surface area (Å²) in [6, 6.07) is 7.65. The van der Waals surface area contributed by atoms with Crippen LogP contribution in [0.5, 0.6) is 0 Å². The molecule has 0 atom stereocenters. The Morgan fingerprint density at radius 3 is 2.84 bits per heavy atom. The van der Waals surface area contributed by atoms with Gasteiger partial charge in [-0.15, -0.1) is 0 Å². The molecule has 2 rings (SSSR count). The van der Waals surface area contributed by atoms with Crippen LogP contribution in [0.4, 0.5) is 11.5 Å². The highest BCUT2D eigenvalue weighted by Gasteiger charge is 2.11. The first-order valence-electron chi connectivity index (χ1n) is 6.23. The number of aromatic amines is 1. The number of nitrogens with one attached hydrogen (secondary N) is 2. The Labute approximate surface area is 112 Å². The fourth-order valence-corrected chi connectivity index (χ4v) is 1.81. The van der Waals surface area contributed by atoms with Gasteiger partial charge >= 0.3 is 0 Å². The van der Waals surface area contributed by atoms with Gasteiger partial charge < -0.3 is 15.2 Å². The van der Waals surface area contributed by atoms with Crippen molar-refractivity contribution in [1.82, 2.24) is 9.97 Å². The zero-order chi connectivity index (χ0) is 13.7. The molecule has 0 saturated heterocycles. The molecule has 0 radical (unpaired) electrons. The predicted molar refractivity (Wildman–Crippen MR) is 76.3 cm³/mol. The number of H-pyrrole nitrogens is 1. The van der Waals surface area contributed by atoms with Gasteiger partial charge in [-0.25, -0.2) is 4.98 Å². The molecule has 0 aliphatic heterocycles. The Morgan fingerprint density at radius 1 is 1.42 bits per heavy atom. The molecular weight excluding hydrogens is 240 g/mol. The number of nitrogens with zero attached hydrogens (tertiary/aromatic N) is 2. The van der Waals surface area contributed by atoms with E-state index in [1.54, 1.807) is 18.1 Å². The van der Waals surface area contributed by atoms with E-state index in [9.17, 15) is 4.79 Å². The number of amides is 1. The van der Waals surface area contributed by atoms with Gasteiger partial charge in [-0.3, -0.25) is 4.79 Å². The minimum atomic E-state index is 0.0774. The second-order valence-electron chi connectivity index (χ2n) is 4.30. The lowest BCUT2D eigenvalue weighted by Gasteiger charge is -2.17. The summed E-state index contributed by atoms with van der Waals surface area (Å²) in [4.78, 5) is 21.0. The Hall–Kier alpha value is -2.30. The summed E-state index contributed by atoms with van der Waals surface area (Å²) < 4.78 is 0. The zero-order valence-corrected chi connectivity index (χ0v) is 11.2. The van der Waals surface area contributed by atoms with Gasteiger partial charge in [0.05, 0.1) is 11.9 Å². The number of rotatable bonds is 5. The van der Waals surface area contributed by atoms with Crippen LogP contribution in [0.2, 0.25) is 0 Å². The van der Waals surface area contributed by atoms with Gasteiger partial charge in [0.25, 0.3) is 0 Å². The molecule has 0 fully saturated rings. The number of anilines is 2.